The summed E-state index contributed by atoms with van der Waals surface area (Å²) in [7, 11) is 0. The van der Waals surface area contributed by atoms with Crippen molar-refractivity contribution >= 4 is 5.91 Å². The summed E-state index contributed by atoms with van der Waals surface area (Å²) >= 11 is 0. The van der Waals surface area contributed by atoms with Crippen molar-refractivity contribution in [3.63, 3.8) is 0 Å². The third-order valence-corrected chi connectivity index (χ3v) is 3.94. The zero-order chi connectivity index (χ0) is 16.8. The number of ether oxygens (including phenoxy) is 1. The smallest absolute Gasteiger partial charge is 0.254 e. The van der Waals surface area contributed by atoms with Crippen molar-refractivity contribution in [1.82, 2.24) is 20.2 Å². The van der Waals surface area contributed by atoms with Crippen LogP contribution < -0.4 is 5.32 Å². The third kappa shape index (κ3) is 5.55. The second-order valence-corrected chi connectivity index (χ2v) is 6.61. The van der Waals surface area contributed by atoms with E-state index < -0.39 is 0 Å². The van der Waals surface area contributed by atoms with Gasteiger partial charge in [-0.1, -0.05) is 13.8 Å². The van der Waals surface area contributed by atoms with Gasteiger partial charge < -0.3 is 10.1 Å². The van der Waals surface area contributed by atoms with Crippen molar-refractivity contribution in [3.05, 3.63) is 23.3 Å². The Bertz CT molecular complexity index is 533. The highest BCUT2D eigenvalue weighted by Crippen LogP contribution is 2.10. The van der Waals surface area contributed by atoms with Gasteiger partial charge in [0.25, 0.3) is 5.91 Å². The Morgan fingerprint density at radius 3 is 2.96 bits per heavy atom. The van der Waals surface area contributed by atoms with Crippen LogP contribution in [0.2, 0.25) is 0 Å². The molecule has 1 unspecified atom stereocenters. The molecule has 1 atom stereocenters. The van der Waals surface area contributed by atoms with Crippen molar-refractivity contribution in [1.29, 1.82) is 0 Å². The van der Waals surface area contributed by atoms with Crippen LogP contribution in [-0.4, -0.2) is 59.7 Å². The number of carbonyl (C=O) groups is 1. The van der Waals surface area contributed by atoms with Crippen molar-refractivity contribution in [2.75, 3.05) is 32.8 Å². The summed E-state index contributed by atoms with van der Waals surface area (Å²) < 4.78 is 5.80. The average molecular weight is 320 g/mol. The molecule has 1 saturated heterocycles. The summed E-state index contributed by atoms with van der Waals surface area (Å²) in [4.78, 5) is 22.9. The van der Waals surface area contributed by atoms with Crippen LogP contribution in [0.1, 0.15) is 42.1 Å². The number of nitrogens with zero attached hydrogens (tertiary/aromatic N) is 3. The fourth-order valence-corrected chi connectivity index (χ4v) is 2.89. The first-order valence-corrected chi connectivity index (χ1v) is 8.38. The van der Waals surface area contributed by atoms with Crippen molar-refractivity contribution < 1.29 is 9.53 Å². The van der Waals surface area contributed by atoms with Gasteiger partial charge >= 0.3 is 0 Å². The van der Waals surface area contributed by atoms with Gasteiger partial charge in [-0.15, -0.1) is 0 Å². The normalized spacial score (nSPS) is 19.1. The molecule has 2 rings (SSSR count). The van der Waals surface area contributed by atoms with E-state index in [1.165, 1.54) is 0 Å². The van der Waals surface area contributed by atoms with Crippen LogP contribution in [0.4, 0.5) is 0 Å². The maximum atomic E-state index is 12.2. The quantitative estimate of drug-likeness (QED) is 0.862. The van der Waals surface area contributed by atoms with Gasteiger partial charge in [-0.25, -0.2) is 9.97 Å². The lowest BCUT2D eigenvalue weighted by Gasteiger charge is -2.34. The molecule has 0 aliphatic carbocycles. The third-order valence-electron chi connectivity index (χ3n) is 3.94. The average Bonchev–Trinajstić information content (AvgIpc) is 2.46. The molecular weight excluding hydrogens is 292 g/mol. The lowest BCUT2D eigenvalue weighted by Crippen LogP contribution is -2.45. The number of rotatable bonds is 6. The molecular formula is C17H28N4O2. The fraction of sp³-hybridized carbons (Fsp3) is 0.706. The second-order valence-electron chi connectivity index (χ2n) is 6.61. The molecule has 1 N–H and O–H groups in total. The van der Waals surface area contributed by atoms with Gasteiger partial charge in [-0.2, -0.15) is 0 Å². The molecule has 6 heteroatoms. The number of aryl methyl sites for hydroxylation is 2. The van der Waals surface area contributed by atoms with Crippen LogP contribution in [0.3, 0.4) is 0 Å². The molecule has 1 aromatic heterocycles. The van der Waals surface area contributed by atoms with E-state index in [0.29, 0.717) is 29.5 Å². The summed E-state index contributed by atoms with van der Waals surface area (Å²) in [5.74, 6) is 1.23. The lowest BCUT2D eigenvalue weighted by atomic mass is 10.1. The minimum absolute atomic E-state index is 0.114. The molecule has 128 valence electrons. The van der Waals surface area contributed by atoms with Crippen LogP contribution in [0.5, 0.6) is 0 Å². The number of aromatic nitrogens is 2. The second kappa shape index (κ2) is 8.36. The first-order valence-electron chi connectivity index (χ1n) is 8.38. The van der Waals surface area contributed by atoms with E-state index in [4.69, 9.17) is 4.74 Å². The number of amides is 1. The molecule has 1 fully saturated rings. The number of hydrogen-bond acceptors (Lipinski definition) is 5. The number of nitrogens with one attached hydrogen (secondary N) is 1. The van der Waals surface area contributed by atoms with Gasteiger partial charge in [0.05, 0.1) is 24.0 Å². The van der Waals surface area contributed by atoms with Gasteiger partial charge in [0.1, 0.15) is 5.82 Å². The first kappa shape index (κ1) is 17.8. The van der Waals surface area contributed by atoms with Crippen LogP contribution in [0.25, 0.3) is 0 Å². The molecule has 0 spiro atoms. The Morgan fingerprint density at radius 1 is 1.48 bits per heavy atom. The monoisotopic (exact) mass is 320 g/mol. The molecule has 1 amide bonds. The molecule has 0 radical (unpaired) electrons. The number of carbonyl (C=O) groups excluding carboxylic acids is 1. The lowest BCUT2D eigenvalue weighted by molar-refractivity contribution is -0.0344. The van der Waals surface area contributed by atoms with E-state index in [-0.39, 0.29) is 12.0 Å². The minimum atomic E-state index is -0.114. The number of morpholine rings is 1. The minimum Gasteiger partial charge on any atom is -0.375 e. The van der Waals surface area contributed by atoms with E-state index >= 15 is 0 Å². The standard InChI is InChI=1S/C17H28N4O2/c1-12(2)10-21-7-8-23-15(11-21)5-6-18-17(22)16-9-19-14(4)20-13(16)3/h9,12,15H,5-8,10-11H2,1-4H3,(H,18,22). The summed E-state index contributed by atoms with van der Waals surface area (Å²) in [6, 6.07) is 0. The molecule has 1 aliphatic heterocycles. The molecule has 0 aromatic carbocycles. The topological polar surface area (TPSA) is 67.4 Å². The Balaban J connectivity index is 1.77. The largest absolute Gasteiger partial charge is 0.375 e. The molecule has 0 bridgehead atoms. The molecule has 1 aliphatic rings. The van der Waals surface area contributed by atoms with Gasteiger partial charge in [0.2, 0.25) is 0 Å². The Hall–Kier alpha value is -1.53. The van der Waals surface area contributed by atoms with E-state index in [0.717, 1.165) is 32.7 Å². The summed E-state index contributed by atoms with van der Waals surface area (Å²) in [6.45, 7) is 12.5. The summed E-state index contributed by atoms with van der Waals surface area (Å²) in [5.41, 5.74) is 1.26. The fourth-order valence-electron chi connectivity index (χ4n) is 2.89. The van der Waals surface area contributed by atoms with E-state index in [9.17, 15) is 4.79 Å². The van der Waals surface area contributed by atoms with Crippen LogP contribution in [0, 0.1) is 19.8 Å². The highest BCUT2D eigenvalue weighted by molar-refractivity contribution is 5.94. The summed E-state index contributed by atoms with van der Waals surface area (Å²) in [6.07, 6.45) is 2.61. The van der Waals surface area contributed by atoms with E-state index in [1.807, 2.05) is 13.8 Å². The molecule has 1 aromatic rings. The van der Waals surface area contributed by atoms with Gasteiger partial charge in [-0.3, -0.25) is 9.69 Å². The molecule has 2 heterocycles. The first-order chi connectivity index (χ1) is 11.0. The molecule has 6 nitrogen and oxygen atoms in total. The Kier molecular flexibility index (Phi) is 6.47. The predicted molar refractivity (Wildman–Crippen MR) is 89.5 cm³/mol. The van der Waals surface area contributed by atoms with Crippen LogP contribution >= 0.6 is 0 Å². The summed E-state index contributed by atoms with van der Waals surface area (Å²) in [5, 5.41) is 2.94. The SMILES string of the molecule is Cc1ncc(C(=O)NCCC2CN(CC(C)C)CCO2)c(C)n1. The van der Waals surface area contributed by atoms with Crippen molar-refractivity contribution in [3.8, 4) is 0 Å². The Labute approximate surface area is 138 Å². The van der Waals surface area contributed by atoms with E-state index in [1.54, 1.807) is 6.20 Å². The van der Waals surface area contributed by atoms with Gasteiger partial charge in [0, 0.05) is 32.4 Å². The predicted octanol–water partition coefficient (Wildman–Crippen LogP) is 1.57. The zero-order valence-electron chi connectivity index (χ0n) is 14.6. The van der Waals surface area contributed by atoms with Crippen LogP contribution in [0.15, 0.2) is 6.20 Å². The Morgan fingerprint density at radius 2 is 2.26 bits per heavy atom. The number of hydrogen-bond donors (Lipinski definition) is 1. The zero-order valence-corrected chi connectivity index (χ0v) is 14.6. The van der Waals surface area contributed by atoms with Crippen molar-refractivity contribution in [2.24, 2.45) is 5.92 Å². The highest BCUT2D eigenvalue weighted by Gasteiger charge is 2.21. The highest BCUT2D eigenvalue weighted by atomic mass is 16.5. The maximum Gasteiger partial charge on any atom is 0.254 e. The van der Waals surface area contributed by atoms with Crippen molar-refractivity contribution in [2.45, 2.75) is 40.2 Å². The van der Waals surface area contributed by atoms with Gasteiger partial charge in [-0.05, 0) is 26.2 Å². The van der Waals surface area contributed by atoms with Gasteiger partial charge in [0.15, 0.2) is 0 Å². The maximum absolute atomic E-state index is 12.2. The van der Waals surface area contributed by atoms with E-state index in [2.05, 4.69) is 34.0 Å². The molecule has 0 saturated carbocycles. The molecule has 23 heavy (non-hydrogen) atoms. The van der Waals surface area contributed by atoms with Crippen LogP contribution in [-0.2, 0) is 4.74 Å².